The fraction of sp³-hybridized carbons (Fsp3) is 0. The van der Waals surface area contributed by atoms with Crippen molar-refractivity contribution in [2.24, 2.45) is 0 Å². The zero-order valence-electron chi connectivity index (χ0n) is 6.55. The van der Waals surface area contributed by atoms with Crippen molar-refractivity contribution in [3.05, 3.63) is 40.4 Å². The van der Waals surface area contributed by atoms with Crippen LogP contribution in [0.2, 0.25) is 10.0 Å². The molecule has 68 valence electrons. The SMILES string of the molecule is C=C(C(=O)O)c1cccc(Cl)c1Cl. The van der Waals surface area contributed by atoms with Gasteiger partial charge in [-0.15, -0.1) is 0 Å². The second-order valence-electron chi connectivity index (χ2n) is 2.39. The summed E-state index contributed by atoms with van der Waals surface area (Å²) in [5.74, 6) is -1.11. The van der Waals surface area contributed by atoms with Gasteiger partial charge in [0.05, 0.1) is 15.6 Å². The van der Waals surface area contributed by atoms with Crippen molar-refractivity contribution in [1.29, 1.82) is 0 Å². The number of rotatable bonds is 2. The number of hydrogen-bond acceptors (Lipinski definition) is 1. The molecule has 0 aliphatic heterocycles. The van der Waals surface area contributed by atoms with E-state index in [9.17, 15) is 4.79 Å². The molecule has 0 unspecified atom stereocenters. The predicted molar refractivity (Wildman–Crippen MR) is 53.1 cm³/mol. The topological polar surface area (TPSA) is 37.3 Å². The molecule has 0 saturated carbocycles. The molecule has 0 bridgehead atoms. The van der Waals surface area contributed by atoms with Gasteiger partial charge in [0, 0.05) is 5.56 Å². The smallest absolute Gasteiger partial charge is 0.335 e. The first-order valence-corrected chi connectivity index (χ1v) is 4.16. The molecule has 1 rings (SSSR count). The molecule has 0 amide bonds. The first-order chi connectivity index (χ1) is 6.04. The Balaban J connectivity index is 3.23. The van der Waals surface area contributed by atoms with Crippen LogP contribution >= 0.6 is 23.2 Å². The van der Waals surface area contributed by atoms with Gasteiger partial charge in [0.25, 0.3) is 0 Å². The zero-order valence-corrected chi connectivity index (χ0v) is 8.06. The number of aliphatic carboxylic acids is 1. The van der Waals surface area contributed by atoms with Gasteiger partial charge in [-0.25, -0.2) is 4.79 Å². The fourth-order valence-electron chi connectivity index (χ4n) is 0.852. The van der Waals surface area contributed by atoms with Crippen LogP contribution in [0.1, 0.15) is 5.56 Å². The van der Waals surface area contributed by atoms with E-state index in [1.54, 1.807) is 18.2 Å². The molecule has 0 heterocycles. The average molecular weight is 217 g/mol. The Labute approximate surface area is 85.4 Å². The van der Waals surface area contributed by atoms with Crippen molar-refractivity contribution in [1.82, 2.24) is 0 Å². The molecule has 4 heteroatoms. The monoisotopic (exact) mass is 216 g/mol. The summed E-state index contributed by atoms with van der Waals surface area (Å²) in [6.45, 7) is 3.38. The molecule has 0 atom stereocenters. The van der Waals surface area contributed by atoms with Crippen LogP contribution in [-0.2, 0) is 4.79 Å². The van der Waals surface area contributed by atoms with Crippen molar-refractivity contribution in [2.75, 3.05) is 0 Å². The van der Waals surface area contributed by atoms with Gasteiger partial charge in [0.15, 0.2) is 0 Å². The third-order valence-electron chi connectivity index (χ3n) is 1.53. The third kappa shape index (κ3) is 2.02. The van der Waals surface area contributed by atoms with Crippen molar-refractivity contribution in [3.63, 3.8) is 0 Å². The highest BCUT2D eigenvalue weighted by Gasteiger charge is 2.12. The molecule has 0 radical (unpaired) electrons. The summed E-state index contributed by atoms with van der Waals surface area (Å²) in [5, 5.41) is 9.19. The van der Waals surface area contributed by atoms with Gasteiger partial charge in [0.1, 0.15) is 0 Å². The van der Waals surface area contributed by atoms with Crippen molar-refractivity contribution in [3.8, 4) is 0 Å². The lowest BCUT2D eigenvalue weighted by Crippen LogP contribution is -1.98. The highest BCUT2D eigenvalue weighted by atomic mass is 35.5. The van der Waals surface area contributed by atoms with E-state index in [0.717, 1.165) is 0 Å². The Morgan fingerprint density at radius 2 is 2.00 bits per heavy atom. The Hall–Kier alpha value is -0.990. The highest BCUT2D eigenvalue weighted by Crippen LogP contribution is 2.29. The third-order valence-corrected chi connectivity index (χ3v) is 2.35. The normalized spacial score (nSPS) is 9.69. The van der Waals surface area contributed by atoms with Gasteiger partial charge in [-0.3, -0.25) is 0 Å². The highest BCUT2D eigenvalue weighted by molar-refractivity contribution is 6.43. The summed E-state index contributed by atoms with van der Waals surface area (Å²) in [4.78, 5) is 10.6. The number of hydrogen-bond donors (Lipinski definition) is 1. The van der Waals surface area contributed by atoms with Crippen molar-refractivity contribution in [2.45, 2.75) is 0 Å². The molecule has 0 spiro atoms. The standard InChI is InChI=1S/C9H6Cl2O2/c1-5(9(12)13)6-3-2-4-7(10)8(6)11/h2-4H,1H2,(H,12,13). The minimum Gasteiger partial charge on any atom is -0.478 e. The van der Waals surface area contributed by atoms with Gasteiger partial charge >= 0.3 is 5.97 Å². The fourth-order valence-corrected chi connectivity index (χ4v) is 1.27. The summed E-state index contributed by atoms with van der Waals surface area (Å²) >= 11 is 11.5. The van der Waals surface area contributed by atoms with Crippen molar-refractivity contribution < 1.29 is 9.90 Å². The maximum Gasteiger partial charge on any atom is 0.335 e. The summed E-state index contributed by atoms with van der Waals surface area (Å²) in [5.41, 5.74) is 0.286. The first-order valence-electron chi connectivity index (χ1n) is 3.40. The van der Waals surface area contributed by atoms with E-state index in [2.05, 4.69) is 6.58 Å². The molecule has 0 saturated heterocycles. The van der Waals surface area contributed by atoms with E-state index in [1.807, 2.05) is 0 Å². The van der Waals surface area contributed by atoms with Crippen LogP contribution < -0.4 is 0 Å². The molecule has 0 aliphatic rings. The second-order valence-corrected chi connectivity index (χ2v) is 3.17. The number of carbonyl (C=O) groups is 1. The molecule has 0 aliphatic carbocycles. The molecular weight excluding hydrogens is 211 g/mol. The van der Waals surface area contributed by atoms with Crippen LogP contribution in [0, 0.1) is 0 Å². The Bertz CT molecular complexity index is 372. The van der Waals surface area contributed by atoms with Gasteiger partial charge in [-0.1, -0.05) is 41.9 Å². The van der Waals surface area contributed by atoms with E-state index in [1.165, 1.54) is 0 Å². The number of carboxylic acids is 1. The minimum atomic E-state index is -1.11. The van der Waals surface area contributed by atoms with E-state index in [-0.39, 0.29) is 10.6 Å². The van der Waals surface area contributed by atoms with Gasteiger partial charge in [-0.05, 0) is 6.07 Å². The van der Waals surface area contributed by atoms with Crippen molar-refractivity contribution >= 4 is 34.7 Å². The molecule has 1 N–H and O–H groups in total. The molecule has 0 aromatic heterocycles. The first kappa shape index (κ1) is 10.1. The molecular formula is C9H6Cl2O2. The van der Waals surface area contributed by atoms with Crippen LogP contribution in [0.3, 0.4) is 0 Å². The van der Waals surface area contributed by atoms with Crippen LogP contribution in [-0.4, -0.2) is 11.1 Å². The average Bonchev–Trinajstić information content (AvgIpc) is 2.08. The quantitative estimate of drug-likeness (QED) is 0.772. The molecule has 1 aromatic rings. The number of carboxylic acid groups (broad SMARTS) is 1. The predicted octanol–water partition coefficient (Wildman–Crippen LogP) is 3.09. The van der Waals surface area contributed by atoms with Crippen LogP contribution in [0.4, 0.5) is 0 Å². The van der Waals surface area contributed by atoms with Crippen LogP contribution in [0.25, 0.3) is 5.57 Å². The lowest BCUT2D eigenvalue weighted by molar-refractivity contribution is -0.130. The van der Waals surface area contributed by atoms with Gasteiger partial charge < -0.3 is 5.11 Å². The largest absolute Gasteiger partial charge is 0.478 e. The van der Waals surface area contributed by atoms with E-state index >= 15 is 0 Å². The second kappa shape index (κ2) is 3.81. The molecule has 13 heavy (non-hydrogen) atoms. The Morgan fingerprint density at radius 3 is 2.54 bits per heavy atom. The van der Waals surface area contributed by atoms with E-state index in [0.29, 0.717) is 10.6 Å². The van der Waals surface area contributed by atoms with E-state index < -0.39 is 5.97 Å². The van der Waals surface area contributed by atoms with Crippen LogP contribution in [0.15, 0.2) is 24.8 Å². The molecule has 0 fully saturated rings. The Morgan fingerprint density at radius 1 is 1.38 bits per heavy atom. The maximum absolute atomic E-state index is 10.6. The summed E-state index contributed by atoms with van der Waals surface area (Å²) in [7, 11) is 0. The number of benzene rings is 1. The lowest BCUT2D eigenvalue weighted by Gasteiger charge is -2.04. The van der Waals surface area contributed by atoms with Gasteiger partial charge in [0.2, 0.25) is 0 Å². The summed E-state index contributed by atoms with van der Waals surface area (Å²) in [6.07, 6.45) is 0. The number of halogens is 2. The summed E-state index contributed by atoms with van der Waals surface area (Å²) < 4.78 is 0. The Kier molecular flexibility index (Phi) is 2.96. The van der Waals surface area contributed by atoms with Crippen LogP contribution in [0.5, 0.6) is 0 Å². The maximum atomic E-state index is 10.6. The van der Waals surface area contributed by atoms with Gasteiger partial charge in [-0.2, -0.15) is 0 Å². The molecule has 1 aromatic carbocycles. The lowest BCUT2D eigenvalue weighted by atomic mass is 10.1. The molecule has 2 nitrogen and oxygen atoms in total. The zero-order chi connectivity index (χ0) is 10.0. The minimum absolute atomic E-state index is 0.0625. The summed E-state index contributed by atoms with van der Waals surface area (Å²) in [6, 6.07) is 4.77. The van der Waals surface area contributed by atoms with E-state index in [4.69, 9.17) is 28.3 Å².